The van der Waals surface area contributed by atoms with Gasteiger partial charge in [-0.05, 0) is 55.7 Å². The number of amides is 2. The van der Waals surface area contributed by atoms with Crippen LogP contribution in [0.5, 0.6) is 0 Å². The van der Waals surface area contributed by atoms with Gasteiger partial charge in [0, 0.05) is 6.54 Å². The second kappa shape index (κ2) is 6.24. The Bertz CT molecular complexity index is 524. The molecule has 1 aromatic rings. The Morgan fingerprint density at radius 1 is 1.27 bits per heavy atom. The summed E-state index contributed by atoms with van der Waals surface area (Å²) in [6.45, 7) is 0.291. The van der Waals surface area contributed by atoms with Gasteiger partial charge in [-0.2, -0.15) is 0 Å². The monoisotopic (exact) mass is 306 g/mol. The quantitative estimate of drug-likeness (QED) is 0.783. The van der Waals surface area contributed by atoms with Crippen LogP contribution in [0.25, 0.3) is 0 Å². The van der Waals surface area contributed by atoms with Crippen molar-refractivity contribution in [3.63, 3.8) is 0 Å². The van der Waals surface area contributed by atoms with Crippen molar-refractivity contribution in [2.45, 2.75) is 50.2 Å². The van der Waals surface area contributed by atoms with Crippen molar-refractivity contribution >= 4 is 6.03 Å². The standard InChI is InChI=1S/C17H23FN2O2/c18-14-7-5-13(6-8-14)15(12-3-1-4-12)20-16(21)19-11-17(22)9-2-10-17/h5-8,12,15,22H,1-4,9-11H2,(H2,19,20,21). The highest BCUT2D eigenvalue weighted by Crippen LogP contribution is 2.37. The number of halogens is 1. The van der Waals surface area contributed by atoms with Crippen LogP contribution in [0.4, 0.5) is 9.18 Å². The summed E-state index contributed by atoms with van der Waals surface area (Å²) >= 11 is 0. The van der Waals surface area contributed by atoms with E-state index in [0.717, 1.165) is 37.7 Å². The lowest BCUT2D eigenvalue weighted by Crippen LogP contribution is -2.51. The fourth-order valence-corrected chi connectivity index (χ4v) is 3.12. The summed E-state index contributed by atoms with van der Waals surface area (Å²) < 4.78 is 13.1. The van der Waals surface area contributed by atoms with E-state index in [1.165, 1.54) is 18.6 Å². The summed E-state index contributed by atoms with van der Waals surface area (Å²) in [5.74, 6) is 0.135. The molecule has 0 spiro atoms. The lowest BCUT2D eigenvalue weighted by molar-refractivity contribution is -0.0291. The molecular weight excluding hydrogens is 283 g/mol. The number of urea groups is 1. The number of carbonyl (C=O) groups excluding carboxylic acids is 1. The highest BCUT2D eigenvalue weighted by Gasteiger charge is 2.35. The van der Waals surface area contributed by atoms with Crippen molar-refractivity contribution in [3.05, 3.63) is 35.6 Å². The maximum absolute atomic E-state index is 13.1. The molecule has 120 valence electrons. The van der Waals surface area contributed by atoms with Crippen LogP contribution in [0.2, 0.25) is 0 Å². The van der Waals surface area contributed by atoms with Gasteiger partial charge in [-0.1, -0.05) is 18.6 Å². The highest BCUT2D eigenvalue weighted by atomic mass is 19.1. The van der Waals surface area contributed by atoms with Gasteiger partial charge in [0.05, 0.1) is 11.6 Å². The zero-order valence-electron chi connectivity index (χ0n) is 12.6. The topological polar surface area (TPSA) is 61.4 Å². The van der Waals surface area contributed by atoms with Crippen molar-refractivity contribution in [1.29, 1.82) is 0 Å². The Balaban J connectivity index is 1.60. The minimum Gasteiger partial charge on any atom is -0.388 e. The smallest absolute Gasteiger partial charge is 0.315 e. The lowest BCUT2D eigenvalue weighted by Gasteiger charge is -2.37. The number of hydrogen-bond acceptors (Lipinski definition) is 2. The van der Waals surface area contributed by atoms with Crippen LogP contribution in [-0.4, -0.2) is 23.3 Å². The van der Waals surface area contributed by atoms with E-state index in [0.29, 0.717) is 12.5 Å². The number of rotatable bonds is 5. The summed E-state index contributed by atoms with van der Waals surface area (Å²) in [7, 11) is 0. The number of hydrogen-bond donors (Lipinski definition) is 3. The summed E-state index contributed by atoms with van der Waals surface area (Å²) in [6, 6.07) is 5.97. The van der Waals surface area contributed by atoms with Crippen molar-refractivity contribution < 1.29 is 14.3 Å². The second-order valence-electron chi connectivity index (χ2n) is 6.63. The average molecular weight is 306 g/mol. The van der Waals surface area contributed by atoms with Gasteiger partial charge in [0.15, 0.2) is 0 Å². The Labute approximate surface area is 130 Å². The van der Waals surface area contributed by atoms with Crippen LogP contribution < -0.4 is 10.6 Å². The summed E-state index contributed by atoms with van der Waals surface area (Å²) in [4.78, 5) is 12.1. The molecule has 2 saturated carbocycles. The largest absolute Gasteiger partial charge is 0.388 e. The molecule has 1 atom stereocenters. The molecule has 1 unspecified atom stereocenters. The van der Waals surface area contributed by atoms with Crippen molar-refractivity contribution in [3.8, 4) is 0 Å². The van der Waals surface area contributed by atoms with E-state index in [9.17, 15) is 14.3 Å². The van der Waals surface area contributed by atoms with E-state index in [1.54, 1.807) is 12.1 Å². The van der Waals surface area contributed by atoms with Crippen LogP contribution in [0, 0.1) is 11.7 Å². The Morgan fingerprint density at radius 3 is 2.45 bits per heavy atom. The predicted octanol–water partition coefficient (Wildman–Crippen LogP) is 2.88. The minimum atomic E-state index is -0.723. The van der Waals surface area contributed by atoms with Crippen molar-refractivity contribution in [2.24, 2.45) is 5.92 Å². The first-order valence-corrected chi connectivity index (χ1v) is 8.08. The third kappa shape index (κ3) is 3.40. The van der Waals surface area contributed by atoms with Crippen LogP contribution in [0.15, 0.2) is 24.3 Å². The molecular formula is C17H23FN2O2. The first kappa shape index (κ1) is 15.3. The molecule has 0 radical (unpaired) electrons. The lowest BCUT2D eigenvalue weighted by atomic mass is 9.77. The molecule has 4 nitrogen and oxygen atoms in total. The number of benzene rings is 1. The van der Waals surface area contributed by atoms with Gasteiger partial charge in [-0.25, -0.2) is 9.18 Å². The van der Waals surface area contributed by atoms with Crippen molar-refractivity contribution in [1.82, 2.24) is 10.6 Å². The third-order valence-electron chi connectivity index (χ3n) is 5.00. The van der Waals surface area contributed by atoms with Gasteiger partial charge in [0.2, 0.25) is 0 Å². The maximum atomic E-state index is 13.1. The Hall–Kier alpha value is -1.62. The molecule has 0 aliphatic heterocycles. The fourth-order valence-electron chi connectivity index (χ4n) is 3.12. The SMILES string of the molecule is O=C(NCC1(O)CCC1)NC(c1ccc(F)cc1)C1CCC1. The molecule has 2 aliphatic carbocycles. The molecule has 3 N–H and O–H groups in total. The summed E-state index contributed by atoms with van der Waals surface area (Å²) in [5, 5.41) is 15.8. The van der Waals surface area contributed by atoms with Gasteiger partial charge in [-0.15, -0.1) is 0 Å². The van der Waals surface area contributed by atoms with E-state index >= 15 is 0 Å². The molecule has 0 heterocycles. The molecule has 2 aliphatic rings. The van der Waals surface area contributed by atoms with E-state index in [2.05, 4.69) is 10.6 Å². The third-order valence-corrected chi connectivity index (χ3v) is 5.00. The average Bonchev–Trinajstić information content (AvgIpc) is 2.41. The molecule has 22 heavy (non-hydrogen) atoms. The van der Waals surface area contributed by atoms with Gasteiger partial charge < -0.3 is 15.7 Å². The Morgan fingerprint density at radius 2 is 1.95 bits per heavy atom. The predicted molar refractivity (Wildman–Crippen MR) is 81.8 cm³/mol. The zero-order valence-corrected chi connectivity index (χ0v) is 12.6. The van der Waals surface area contributed by atoms with Crippen LogP contribution >= 0.6 is 0 Å². The number of aliphatic hydroxyl groups is 1. The highest BCUT2D eigenvalue weighted by molar-refractivity contribution is 5.74. The molecule has 0 bridgehead atoms. The molecule has 0 aromatic heterocycles. The van der Waals surface area contributed by atoms with Crippen LogP contribution in [0.3, 0.4) is 0 Å². The molecule has 5 heteroatoms. The van der Waals surface area contributed by atoms with E-state index in [1.807, 2.05) is 0 Å². The summed E-state index contributed by atoms with van der Waals surface area (Å²) in [6.07, 6.45) is 5.83. The molecule has 2 amide bonds. The number of carbonyl (C=O) groups is 1. The maximum Gasteiger partial charge on any atom is 0.315 e. The van der Waals surface area contributed by atoms with Crippen molar-refractivity contribution in [2.75, 3.05) is 6.54 Å². The van der Waals surface area contributed by atoms with Crippen LogP contribution in [0.1, 0.15) is 50.1 Å². The second-order valence-corrected chi connectivity index (χ2v) is 6.63. The van der Waals surface area contributed by atoms with Gasteiger partial charge >= 0.3 is 6.03 Å². The molecule has 0 saturated heterocycles. The molecule has 1 aromatic carbocycles. The van der Waals surface area contributed by atoms with E-state index in [4.69, 9.17) is 0 Å². The normalized spacial score (nSPS) is 21.4. The van der Waals surface area contributed by atoms with Gasteiger partial charge in [-0.3, -0.25) is 0 Å². The van der Waals surface area contributed by atoms with E-state index in [-0.39, 0.29) is 17.9 Å². The minimum absolute atomic E-state index is 0.0922. The zero-order chi connectivity index (χ0) is 15.6. The van der Waals surface area contributed by atoms with E-state index < -0.39 is 5.60 Å². The number of nitrogens with one attached hydrogen (secondary N) is 2. The van der Waals surface area contributed by atoms with Crippen LogP contribution in [-0.2, 0) is 0 Å². The molecule has 2 fully saturated rings. The van der Waals surface area contributed by atoms with Gasteiger partial charge in [0.25, 0.3) is 0 Å². The molecule has 3 rings (SSSR count). The first-order chi connectivity index (χ1) is 10.6. The van der Waals surface area contributed by atoms with Gasteiger partial charge in [0.1, 0.15) is 5.82 Å². The summed E-state index contributed by atoms with van der Waals surface area (Å²) in [5.41, 5.74) is 0.211. The first-order valence-electron chi connectivity index (χ1n) is 8.08. The fraction of sp³-hybridized carbons (Fsp3) is 0.588. The Kier molecular flexibility index (Phi) is 4.34.